The molecule has 2 rings (SSSR count). The number of Topliss-reactive ketones (excluding diaryl/α,β-unsaturated/α-hetero) is 1. The highest BCUT2D eigenvalue weighted by Gasteiger charge is 2.18. The molecule has 2 aromatic carbocycles. The number of hydrogen-bond acceptors (Lipinski definition) is 5. The zero-order valence-electron chi connectivity index (χ0n) is 15.3. The molecule has 5 nitrogen and oxygen atoms in total. The van der Waals surface area contributed by atoms with Gasteiger partial charge < -0.3 is 10.1 Å². The normalized spacial score (nSPS) is 11.6. The number of rotatable bonds is 8. The summed E-state index contributed by atoms with van der Waals surface area (Å²) in [4.78, 5) is 35.7. The van der Waals surface area contributed by atoms with E-state index >= 15 is 0 Å². The number of benzene rings is 2. The molecule has 28 heavy (non-hydrogen) atoms. The molecule has 0 heterocycles. The van der Waals surface area contributed by atoms with Gasteiger partial charge in [-0.1, -0.05) is 0 Å². The van der Waals surface area contributed by atoms with Crippen LogP contribution in [-0.2, 0) is 14.3 Å². The molecule has 0 bridgehead atoms. The highest BCUT2D eigenvalue weighted by molar-refractivity contribution is 7.99. The van der Waals surface area contributed by atoms with Crippen LogP contribution in [0.25, 0.3) is 0 Å². The molecule has 0 fully saturated rings. The summed E-state index contributed by atoms with van der Waals surface area (Å²) in [6, 6.07) is 9.84. The second kappa shape index (κ2) is 9.98. The lowest BCUT2D eigenvalue weighted by Crippen LogP contribution is -2.30. The van der Waals surface area contributed by atoms with Crippen molar-refractivity contribution in [2.24, 2.45) is 0 Å². The topological polar surface area (TPSA) is 72.5 Å². The third kappa shape index (κ3) is 6.45. The van der Waals surface area contributed by atoms with Gasteiger partial charge in [0.05, 0.1) is 6.42 Å². The Labute approximate surface area is 165 Å². The molecule has 1 amide bonds. The SMILES string of the molecule is CC(=O)c1ccc(NC(=O)[C@H](C)OC(=O)CCSc2ccc(F)c(F)c2)cc1. The van der Waals surface area contributed by atoms with Crippen LogP contribution in [0.5, 0.6) is 0 Å². The first kappa shape index (κ1) is 21.6. The summed E-state index contributed by atoms with van der Waals surface area (Å²) in [6.45, 7) is 2.89. The maximum atomic E-state index is 13.1. The average Bonchev–Trinajstić information content (AvgIpc) is 2.65. The molecule has 1 N–H and O–H groups in total. The lowest BCUT2D eigenvalue weighted by atomic mass is 10.1. The second-order valence-corrected chi connectivity index (χ2v) is 7.10. The van der Waals surface area contributed by atoms with Crippen molar-refractivity contribution in [1.29, 1.82) is 0 Å². The average molecular weight is 407 g/mol. The molecule has 0 aliphatic rings. The molecule has 8 heteroatoms. The third-order valence-electron chi connectivity index (χ3n) is 3.70. The fourth-order valence-corrected chi connectivity index (χ4v) is 3.02. The van der Waals surface area contributed by atoms with E-state index in [0.29, 0.717) is 21.9 Å². The predicted molar refractivity (Wildman–Crippen MR) is 102 cm³/mol. The van der Waals surface area contributed by atoms with Gasteiger partial charge in [-0.3, -0.25) is 14.4 Å². The van der Waals surface area contributed by atoms with Crippen LogP contribution in [0, 0.1) is 11.6 Å². The van der Waals surface area contributed by atoms with Crippen LogP contribution in [0.2, 0.25) is 0 Å². The molecule has 0 unspecified atom stereocenters. The number of amides is 1. The van der Waals surface area contributed by atoms with Crippen molar-refractivity contribution in [2.75, 3.05) is 11.1 Å². The monoisotopic (exact) mass is 407 g/mol. The van der Waals surface area contributed by atoms with Gasteiger partial charge in [-0.2, -0.15) is 0 Å². The van der Waals surface area contributed by atoms with E-state index in [4.69, 9.17) is 4.74 Å². The number of carbonyl (C=O) groups is 3. The summed E-state index contributed by atoms with van der Waals surface area (Å²) in [7, 11) is 0. The van der Waals surface area contributed by atoms with Gasteiger partial charge in [0.25, 0.3) is 5.91 Å². The standard InChI is InChI=1S/C20H19F2NO4S/c1-12(24)14-3-5-15(6-4-14)23-20(26)13(2)27-19(25)9-10-28-16-7-8-17(21)18(22)11-16/h3-8,11,13H,9-10H2,1-2H3,(H,23,26)/t13-/m0/s1. The molecule has 0 aliphatic carbocycles. The zero-order valence-corrected chi connectivity index (χ0v) is 16.1. The van der Waals surface area contributed by atoms with Gasteiger partial charge in [-0.05, 0) is 56.3 Å². The van der Waals surface area contributed by atoms with Crippen molar-refractivity contribution in [2.45, 2.75) is 31.3 Å². The minimum absolute atomic E-state index is 0.00852. The van der Waals surface area contributed by atoms with E-state index in [0.717, 1.165) is 12.1 Å². The highest BCUT2D eigenvalue weighted by Crippen LogP contribution is 2.21. The molecule has 0 saturated carbocycles. The van der Waals surface area contributed by atoms with E-state index in [9.17, 15) is 23.2 Å². The number of nitrogens with one attached hydrogen (secondary N) is 1. The molecule has 148 valence electrons. The molecule has 0 spiro atoms. The molecular formula is C20H19F2NO4S. The van der Waals surface area contributed by atoms with Gasteiger partial charge in [0, 0.05) is 21.9 Å². The Balaban J connectivity index is 1.76. The number of halogens is 2. The van der Waals surface area contributed by atoms with Crippen molar-refractivity contribution in [3.8, 4) is 0 Å². The molecule has 0 radical (unpaired) electrons. The largest absolute Gasteiger partial charge is 0.453 e. The molecule has 2 aromatic rings. The zero-order chi connectivity index (χ0) is 20.7. The van der Waals surface area contributed by atoms with Gasteiger partial charge in [-0.25, -0.2) is 8.78 Å². The van der Waals surface area contributed by atoms with Crippen LogP contribution in [0.3, 0.4) is 0 Å². The smallest absolute Gasteiger partial charge is 0.307 e. The van der Waals surface area contributed by atoms with Crippen molar-refractivity contribution in [1.82, 2.24) is 0 Å². The number of anilines is 1. The quantitative estimate of drug-likeness (QED) is 0.403. The summed E-state index contributed by atoms with van der Waals surface area (Å²) in [5.74, 6) is -2.75. The number of esters is 1. The number of ketones is 1. The van der Waals surface area contributed by atoms with Crippen LogP contribution in [-0.4, -0.2) is 29.5 Å². The van der Waals surface area contributed by atoms with E-state index in [2.05, 4.69) is 5.32 Å². The molecular weight excluding hydrogens is 388 g/mol. The molecule has 0 saturated heterocycles. The van der Waals surface area contributed by atoms with E-state index in [1.807, 2.05) is 0 Å². The Hall–Kier alpha value is -2.74. The number of carbonyl (C=O) groups excluding carboxylic acids is 3. The fraction of sp³-hybridized carbons (Fsp3) is 0.250. The number of hydrogen-bond donors (Lipinski definition) is 1. The number of thioether (sulfide) groups is 1. The van der Waals surface area contributed by atoms with Crippen LogP contribution in [0.4, 0.5) is 14.5 Å². The van der Waals surface area contributed by atoms with Crippen LogP contribution >= 0.6 is 11.8 Å². The van der Waals surface area contributed by atoms with E-state index < -0.39 is 29.6 Å². The van der Waals surface area contributed by atoms with Gasteiger partial charge >= 0.3 is 5.97 Å². The van der Waals surface area contributed by atoms with Crippen molar-refractivity contribution in [3.63, 3.8) is 0 Å². The predicted octanol–water partition coefficient (Wildman–Crippen LogP) is 4.22. The maximum Gasteiger partial charge on any atom is 0.307 e. The van der Waals surface area contributed by atoms with Gasteiger partial charge in [0.2, 0.25) is 0 Å². The summed E-state index contributed by atoms with van der Waals surface area (Å²) in [5.41, 5.74) is 1.00. The second-order valence-electron chi connectivity index (χ2n) is 5.93. The van der Waals surface area contributed by atoms with Crippen molar-refractivity contribution < 1.29 is 27.9 Å². The maximum absolute atomic E-state index is 13.1. The van der Waals surface area contributed by atoms with E-state index in [1.54, 1.807) is 24.3 Å². The Morgan fingerprint density at radius 2 is 1.75 bits per heavy atom. The van der Waals surface area contributed by atoms with Gasteiger partial charge in [0.15, 0.2) is 23.5 Å². The van der Waals surface area contributed by atoms with E-state index in [1.165, 1.54) is 31.7 Å². The van der Waals surface area contributed by atoms with Gasteiger partial charge in [-0.15, -0.1) is 11.8 Å². The molecule has 1 atom stereocenters. The Morgan fingerprint density at radius 1 is 1.07 bits per heavy atom. The van der Waals surface area contributed by atoms with Crippen LogP contribution < -0.4 is 5.32 Å². The first-order valence-electron chi connectivity index (χ1n) is 8.45. The fourth-order valence-electron chi connectivity index (χ4n) is 2.16. The highest BCUT2D eigenvalue weighted by atomic mass is 32.2. The minimum atomic E-state index is -1.01. The minimum Gasteiger partial charge on any atom is -0.453 e. The summed E-state index contributed by atoms with van der Waals surface area (Å²) < 4.78 is 31.1. The lowest BCUT2D eigenvalue weighted by Gasteiger charge is -2.13. The third-order valence-corrected chi connectivity index (χ3v) is 4.70. The Bertz CT molecular complexity index is 871. The van der Waals surface area contributed by atoms with E-state index in [-0.39, 0.29) is 12.2 Å². The Kier molecular flexibility index (Phi) is 7.69. The first-order chi connectivity index (χ1) is 13.3. The lowest BCUT2D eigenvalue weighted by molar-refractivity contribution is -0.152. The van der Waals surface area contributed by atoms with Crippen molar-refractivity contribution in [3.05, 3.63) is 59.7 Å². The Morgan fingerprint density at radius 3 is 2.36 bits per heavy atom. The van der Waals surface area contributed by atoms with Gasteiger partial charge in [0.1, 0.15) is 0 Å². The summed E-state index contributed by atoms with van der Waals surface area (Å²) >= 11 is 1.18. The van der Waals surface area contributed by atoms with Crippen molar-refractivity contribution >= 4 is 35.1 Å². The molecule has 0 aliphatic heterocycles. The summed E-state index contributed by atoms with van der Waals surface area (Å²) in [6.07, 6.45) is -0.998. The van der Waals surface area contributed by atoms with Crippen LogP contribution in [0.15, 0.2) is 47.4 Å². The first-order valence-corrected chi connectivity index (χ1v) is 9.44. The molecule has 0 aromatic heterocycles. The number of ether oxygens (including phenoxy) is 1. The van der Waals surface area contributed by atoms with Crippen LogP contribution in [0.1, 0.15) is 30.6 Å². The summed E-state index contributed by atoms with van der Waals surface area (Å²) in [5, 5.41) is 2.60.